The number of aryl methyl sites for hydroxylation is 1. The van der Waals surface area contributed by atoms with Gasteiger partial charge in [0.1, 0.15) is 36.8 Å². The Morgan fingerprint density at radius 1 is 1.19 bits per heavy atom. The molecule has 4 rings (SSSR count). The monoisotopic (exact) mass is 606 g/mol. The van der Waals surface area contributed by atoms with E-state index < -0.39 is 51.7 Å². The topological polar surface area (TPSA) is 130 Å². The van der Waals surface area contributed by atoms with Gasteiger partial charge in [-0.1, -0.05) is 43.0 Å². The molecule has 2 aromatic carbocycles. The van der Waals surface area contributed by atoms with Crippen molar-refractivity contribution in [3.8, 4) is 5.75 Å². The first-order chi connectivity index (χ1) is 19.8. The van der Waals surface area contributed by atoms with Gasteiger partial charge in [-0.05, 0) is 49.9 Å². The van der Waals surface area contributed by atoms with Crippen LogP contribution in [0.3, 0.4) is 0 Å². The van der Waals surface area contributed by atoms with Gasteiger partial charge in [0.2, 0.25) is 0 Å². The lowest BCUT2D eigenvalue weighted by atomic mass is 9.86. The summed E-state index contributed by atoms with van der Waals surface area (Å²) in [6.07, 6.45) is 0.745. The number of benzene rings is 2. The number of anilines is 1. The van der Waals surface area contributed by atoms with Gasteiger partial charge in [0.05, 0.1) is 13.2 Å². The zero-order chi connectivity index (χ0) is 30.5. The fourth-order valence-corrected chi connectivity index (χ4v) is 5.79. The fourth-order valence-electron chi connectivity index (χ4n) is 4.72. The maximum atomic E-state index is 16.7. The lowest BCUT2D eigenvalue weighted by Gasteiger charge is -2.35. The van der Waals surface area contributed by atoms with Crippen LogP contribution in [0.1, 0.15) is 43.9 Å². The van der Waals surface area contributed by atoms with Gasteiger partial charge in [-0.3, -0.25) is 4.79 Å². The molecule has 1 aliphatic heterocycles. The van der Waals surface area contributed by atoms with Gasteiger partial charge in [0.25, 0.3) is 0 Å². The number of hydrogen-bond acceptors (Lipinski definition) is 9. The van der Waals surface area contributed by atoms with E-state index in [9.17, 15) is 18.0 Å². The molecule has 1 amide bonds. The Bertz CT molecular complexity index is 1420. The number of nitrogens with zero attached hydrogens (tertiary/aromatic N) is 1. The average Bonchev–Trinajstić information content (AvgIpc) is 3.37. The molecule has 1 spiro atoms. The first-order valence-corrected chi connectivity index (χ1v) is 14.9. The van der Waals surface area contributed by atoms with Gasteiger partial charge in [-0.15, -0.1) is 0 Å². The summed E-state index contributed by atoms with van der Waals surface area (Å²) < 4.78 is 73.8. The van der Waals surface area contributed by atoms with Crippen molar-refractivity contribution in [2.75, 3.05) is 30.7 Å². The third-order valence-electron chi connectivity index (χ3n) is 6.45. The average molecular weight is 607 g/mol. The molecular weight excluding hydrogens is 571 g/mol. The van der Waals surface area contributed by atoms with E-state index >= 15 is 4.39 Å². The number of esters is 1. The van der Waals surface area contributed by atoms with Crippen LogP contribution in [-0.4, -0.2) is 58.2 Å². The normalized spacial score (nSPS) is 15.9. The van der Waals surface area contributed by atoms with E-state index in [1.807, 2.05) is 6.07 Å². The second-order valence-electron chi connectivity index (χ2n) is 10.8. The predicted molar refractivity (Wildman–Crippen MR) is 151 cm³/mol. The van der Waals surface area contributed by atoms with Crippen LogP contribution in [0.15, 0.2) is 49.1 Å². The summed E-state index contributed by atoms with van der Waals surface area (Å²) in [5, 5.41) is 0. The SMILES string of the molecule is C=CCOC(=O)NS(=O)(=O)N(CC(=O)OC(C)(C)C)c1c(OCc2ccccc2)cc2c(c1F)CC1(CC2)OCCO1. The standard InChI is InChI=1S/C29H35FN2O9S/c1-5-13-37-27(34)31-42(35,36)32(18-24(33)41-28(2,3)4)26-23(38-19-20-9-7-6-8-10-20)16-21-11-12-29(39-14-15-40-29)17-22(21)25(26)30/h5-10,16H,1,11-15,17-19H2,2-4H3,(H,31,34). The summed E-state index contributed by atoms with van der Waals surface area (Å²) in [4.78, 5) is 25.2. The van der Waals surface area contributed by atoms with E-state index in [-0.39, 0.29) is 30.9 Å². The molecule has 0 unspecified atom stereocenters. The number of nitrogens with one attached hydrogen (secondary N) is 1. The highest BCUT2D eigenvalue weighted by molar-refractivity contribution is 7.91. The molecule has 13 heteroatoms. The zero-order valence-corrected chi connectivity index (χ0v) is 24.6. The van der Waals surface area contributed by atoms with Crippen molar-refractivity contribution < 1.29 is 46.1 Å². The maximum Gasteiger partial charge on any atom is 0.422 e. The molecule has 0 bridgehead atoms. The third-order valence-corrected chi connectivity index (χ3v) is 7.76. The molecule has 1 heterocycles. The lowest BCUT2D eigenvalue weighted by molar-refractivity contribution is -0.164. The molecule has 42 heavy (non-hydrogen) atoms. The van der Waals surface area contributed by atoms with E-state index in [0.717, 1.165) is 5.56 Å². The van der Waals surface area contributed by atoms with Crippen molar-refractivity contribution >= 4 is 28.0 Å². The van der Waals surface area contributed by atoms with Crippen molar-refractivity contribution in [1.29, 1.82) is 0 Å². The number of ether oxygens (including phenoxy) is 5. The number of halogens is 1. The van der Waals surface area contributed by atoms with Crippen LogP contribution in [0.4, 0.5) is 14.9 Å². The lowest BCUT2D eigenvalue weighted by Crippen LogP contribution is -2.48. The van der Waals surface area contributed by atoms with Crippen LogP contribution in [0.2, 0.25) is 0 Å². The molecular formula is C29H35FN2O9S. The Balaban J connectivity index is 1.82. The summed E-state index contributed by atoms with van der Waals surface area (Å²) in [5.74, 6) is -3.13. The molecule has 1 aliphatic carbocycles. The first-order valence-electron chi connectivity index (χ1n) is 13.4. The number of carbonyl (C=O) groups is 2. The zero-order valence-electron chi connectivity index (χ0n) is 23.8. The van der Waals surface area contributed by atoms with Crippen LogP contribution in [-0.2, 0) is 53.4 Å². The molecule has 0 saturated carbocycles. The molecule has 11 nitrogen and oxygen atoms in total. The van der Waals surface area contributed by atoms with Gasteiger partial charge in [-0.2, -0.15) is 8.42 Å². The van der Waals surface area contributed by atoms with Crippen molar-refractivity contribution in [3.05, 3.63) is 71.6 Å². The summed E-state index contributed by atoms with van der Waals surface area (Å²) in [7, 11) is -4.95. The second-order valence-corrected chi connectivity index (χ2v) is 12.4. The highest BCUT2D eigenvalue weighted by Gasteiger charge is 2.43. The van der Waals surface area contributed by atoms with Crippen molar-refractivity contribution in [3.63, 3.8) is 0 Å². The predicted octanol–water partition coefficient (Wildman–Crippen LogP) is 3.94. The molecule has 1 N–H and O–H groups in total. The van der Waals surface area contributed by atoms with Crippen LogP contribution in [0.5, 0.6) is 5.75 Å². The Kier molecular flexibility index (Phi) is 9.43. The van der Waals surface area contributed by atoms with Crippen LogP contribution >= 0.6 is 0 Å². The minimum atomic E-state index is -4.95. The summed E-state index contributed by atoms with van der Waals surface area (Å²) in [5.41, 5.74) is -0.0793. The minimum absolute atomic E-state index is 0.00919. The van der Waals surface area contributed by atoms with E-state index in [4.69, 9.17) is 23.7 Å². The summed E-state index contributed by atoms with van der Waals surface area (Å²) in [6.45, 7) is 7.62. The number of fused-ring (bicyclic) bond motifs is 1. The second kappa shape index (κ2) is 12.7. The Hall–Kier alpha value is -3.68. The Labute approximate surface area is 244 Å². The van der Waals surface area contributed by atoms with Gasteiger partial charge < -0.3 is 23.7 Å². The third kappa shape index (κ3) is 7.58. The maximum absolute atomic E-state index is 16.7. The van der Waals surface area contributed by atoms with Crippen LogP contribution in [0.25, 0.3) is 0 Å². The number of amides is 1. The molecule has 2 aliphatic rings. The Morgan fingerprint density at radius 3 is 2.52 bits per heavy atom. The van der Waals surface area contributed by atoms with E-state index in [2.05, 4.69) is 6.58 Å². The molecule has 2 aromatic rings. The van der Waals surface area contributed by atoms with Crippen molar-refractivity contribution in [2.24, 2.45) is 0 Å². The van der Waals surface area contributed by atoms with Crippen LogP contribution < -0.4 is 13.8 Å². The number of hydrogen-bond donors (Lipinski definition) is 1. The van der Waals surface area contributed by atoms with Gasteiger partial charge in [0, 0.05) is 12.8 Å². The molecule has 0 atom stereocenters. The van der Waals surface area contributed by atoms with Crippen molar-refractivity contribution in [1.82, 2.24) is 4.72 Å². The number of carbonyl (C=O) groups excluding carboxylic acids is 2. The van der Waals surface area contributed by atoms with E-state index in [1.54, 1.807) is 55.8 Å². The minimum Gasteiger partial charge on any atom is -0.487 e. The summed E-state index contributed by atoms with van der Waals surface area (Å²) >= 11 is 0. The molecule has 1 fully saturated rings. The van der Waals surface area contributed by atoms with E-state index in [0.29, 0.717) is 35.9 Å². The molecule has 1 saturated heterocycles. The van der Waals surface area contributed by atoms with Gasteiger partial charge in [-0.25, -0.2) is 18.2 Å². The molecule has 0 radical (unpaired) electrons. The first kappa shape index (κ1) is 31.3. The number of rotatable bonds is 10. The molecule has 228 valence electrons. The smallest absolute Gasteiger partial charge is 0.422 e. The quantitative estimate of drug-likeness (QED) is 0.316. The highest BCUT2D eigenvalue weighted by atomic mass is 32.2. The molecule has 0 aromatic heterocycles. The largest absolute Gasteiger partial charge is 0.487 e. The van der Waals surface area contributed by atoms with E-state index in [1.165, 1.54) is 6.08 Å². The van der Waals surface area contributed by atoms with Gasteiger partial charge >= 0.3 is 22.3 Å². The van der Waals surface area contributed by atoms with Crippen molar-refractivity contribution in [2.45, 2.75) is 58.0 Å². The fraction of sp³-hybridized carbons (Fsp3) is 0.448. The van der Waals surface area contributed by atoms with Crippen LogP contribution in [0, 0.1) is 5.82 Å². The van der Waals surface area contributed by atoms with Gasteiger partial charge in [0.15, 0.2) is 11.6 Å². The Morgan fingerprint density at radius 2 is 1.88 bits per heavy atom. The highest BCUT2D eigenvalue weighted by Crippen LogP contribution is 2.44. The summed E-state index contributed by atoms with van der Waals surface area (Å²) in [6, 6.07) is 10.5.